The Morgan fingerprint density at radius 3 is 2.83 bits per heavy atom. The van der Waals surface area contributed by atoms with E-state index in [-0.39, 0.29) is 18.4 Å². The van der Waals surface area contributed by atoms with Crippen LogP contribution in [0.2, 0.25) is 12.6 Å². The Morgan fingerprint density at radius 1 is 1.30 bits per heavy atom. The Labute approximate surface area is 176 Å². The van der Waals surface area contributed by atoms with Gasteiger partial charge in [-0.05, 0) is 49.5 Å². The zero-order chi connectivity index (χ0) is 21.5. The molecule has 30 heavy (non-hydrogen) atoms. The molecule has 1 unspecified atom stereocenters. The molecule has 3 aromatic rings. The number of halogens is 3. The minimum Gasteiger partial charge on any atom is -0.496 e. The number of anilines is 1. The number of nitrogens with one attached hydrogen (secondary N) is 1. The van der Waals surface area contributed by atoms with Crippen LogP contribution in [0.25, 0.3) is 10.2 Å². The van der Waals surface area contributed by atoms with Crippen LogP contribution < -0.4 is 10.1 Å². The first kappa shape index (κ1) is 20.7. The lowest BCUT2D eigenvalue weighted by Crippen LogP contribution is -2.26. The van der Waals surface area contributed by atoms with Crippen molar-refractivity contribution in [2.75, 3.05) is 12.4 Å². The van der Waals surface area contributed by atoms with Gasteiger partial charge in [0.05, 0.1) is 28.5 Å². The third kappa shape index (κ3) is 4.03. The summed E-state index contributed by atoms with van der Waals surface area (Å²) in [6.07, 6.45) is -2.17. The molecule has 0 bridgehead atoms. The van der Waals surface area contributed by atoms with Gasteiger partial charge in [-0.15, -0.1) is 0 Å². The Bertz CT molecular complexity index is 1100. The molecule has 0 saturated carbocycles. The monoisotopic (exact) mass is 432 g/mol. The molecular weight excluding hydrogens is 412 g/mol. The van der Waals surface area contributed by atoms with Crippen LogP contribution in [-0.2, 0) is 6.18 Å². The van der Waals surface area contributed by atoms with Crippen molar-refractivity contribution < 1.29 is 22.7 Å². The van der Waals surface area contributed by atoms with Crippen LogP contribution in [0.15, 0.2) is 36.4 Å². The predicted octanol–water partition coefficient (Wildman–Crippen LogP) is 5.73. The molecule has 4 nitrogen and oxygen atoms in total. The molecule has 1 atom stereocenters. The highest BCUT2D eigenvalue weighted by atomic mass is 32.1. The summed E-state index contributed by atoms with van der Waals surface area (Å²) in [6.45, 7) is 1.78. The van der Waals surface area contributed by atoms with Gasteiger partial charge in [-0.25, -0.2) is 4.98 Å². The first-order chi connectivity index (χ1) is 14.3. The second-order valence-electron chi connectivity index (χ2n) is 7.57. The Kier molecular flexibility index (Phi) is 5.49. The highest BCUT2D eigenvalue weighted by Gasteiger charge is 2.36. The molecule has 0 aliphatic carbocycles. The fraction of sp³-hybridized carbons (Fsp3) is 0.333. The molecule has 4 rings (SSSR count). The van der Waals surface area contributed by atoms with Gasteiger partial charge in [-0.2, -0.15) is 13.2 Å². The lowest BCUT2D eigenvalue weighted by molar-refractivity contribution is -0.137. The maximum Gasteiger partial charge on any atom is 0.416 e. The van der Waals surface area contributed by atoms with E-state index in [1.165, 1.54) is 17.4 Å². The first-order valence-electron chi connectivity index (χ1n) is 9.68. The molecular formula is C21H20BF3N2O2S. The topological polar surface area (TPSA) is 51.2 Å². The molecule has 156 valence electrons. The van der Waals surface area contributed by atoms with Crippen molar-refractivity contribution in [1.82, 2.24) is 4.98 Å². The summed E-state index contributed by atoms with van der Waals surface area (Å²) >= 11 is 1.20. The van der Waals surface area contributed by atoms with Gasteiger partial charge in [0.2, 0.25) is 6.71 Å². The molecule has 0 spiro atoms. The summed E-state index contributed by atoms with van der Waals surface area (Å²) in [5.41, 5.74) is 1.45. The second-order valence-corrected chi connectivity index (χ2v) is 8.60. The zero-order valence-corrected chi connectivity index (χ0v) is 17.4. The molecule has 0 radical (unpaired) electrons. The fourth-order valence-corrected chi connectivity index (χ4v) is 5.00. The van der Waals surface area contributed by atoms with Crippen LogP contribution in [0.3, 0.4) is 0 Å². The number of hydrogen-bond acceptors (Lipinski definition) is 5. The predicted molar refractivity (Wildman–Crippen MR) is 114 cm³/mol. The zero-order valence-electron chi connectivity index (χ0n) is 16.5. The molecule has 1 fully saturated rings. The number of rotatable bonds is 5. The van der Waals surface area contributed by atoms with Gasteiger partial charge in [-0.3, -0.25) is 0 Å². The number of hydrogen-bond donors (Lipinski definition) is 1. The lowest BCUT2D eigenvalue weighted by atomic mass is 9.43. The van der Waals surface area contributed by atoms with Crippen molar-refractivity contribution in [3.8, 4) is 5.75 Å². The van der Waals surface area contributed by atoms with Crippen molar-refractivity contribution in [2.45, 2.75) is 38.2 Å². The van der Waals surface area contributed by atoms with Gasteiger partial charge in [0.1, 0.15) is 11.4 Å². The average molecular weight is 432 g/mol. The lowest BCUT2D eigenvalue weighted by Gasteiger charge is -2.14. The minimum atomic E-state index is -4.37. The highest BCUT2D eigenvalue weighted by Crippen LogP contribution is 2.36. The van der Waals surface area contributed by atoms with E-state index in [1.54, 1.807) is 13.2 Å². The third-order valence-electron chi connectivity index (χ3n) is 5.55. The quantitative estimate of drug-likeness (QED) is 0.523. The molecule has 0 amide bonds. The molecule has 1 aliphatic rings. The van der Waals surface area contributed by atoms with E-state index in [0.717, 1.165) is 30.4 Å². The van der Waals surface area contributed by atoms with Crippen molar-refractivity contribution in [3.63, 3.8) is 0 Å². The van der Waals surface area contributed by atoms with E-state index in [9.17, 15) is 18.0 Å². The highest BCUT2D eigenvalue weighted by molar-refractivity contribution is 7.22. The normalized spacial score (nSPS) is 16.8. The van der Waals surface area contributed by atoms with E-state index in [2.05, 4.69) is 10.3 Å². The van der Waals surface area contributed by atoms with E-state index in [4.69, 9.17) is 4.74 Å². The standard InChI is InChI=1S/C21H20BF3N2O2S/c1-12-4-3-5-16(29-2)18(12)19(28)22-9-8-14(11-22)26-20-27-15-7-6-13(21(23,24)25)10-17(15)30-20/h3-7,10,14H,8-9,11H2,1-2H3,(H,26,27). The molecule has 2 heterocycles. The second kappa shape index (κ2) is 7.94. The number of methoxy groups -OCH3 is 1. The van der Waals surface area contributed by atoms with Crippen LogP contribution in [0.4, 0.5) is 18.3 Å². The van der Waals surface area contributed by atoms with E-state index in [1.807, 2.05) is 19.1 Å². The van der Waals surface area contributed by atoms with Gasteiger partial charge in [-0.1, -0.05) is 29.8 Å². The summed E-state index contributed by atoms with van der Waals surface area (Å²) in [5.74, 6) is 0.586. The first-order valence-corrected chi connectivity index (χ1v) is 10.5. The van der Waals surface area contributed by atoms with Gasteiger partial charge >= 0.3 is 6.18 Å². The third-order valence-corrected chi connectivity index (χ3v) is 6.50. The summed E-state index contributed by atoms with van der Waals surface area (Å²) in [7, 11) is 1.56. The Balaban J connectivity index is 1.47. The molecule has 1 aliphatic heterocycles. The summed E-state index contributed by atoms with van der Waals surface area (Å²) < 4.78 is 44.6. The number of carbonyl (C=O) groups excluding carboxylic acids is 1. The van der Waals surface area contributed by atoms with Crippen LogP contribution in [-0.4, -0.2) is 30.5 Å². The van der Waals surface area contributed by atoms with Gasteiger partial charge < -0.3 is 14.8 Å². The SMILES string of the molecule is COc1cccc(C)c1C(=O)B1CCC(Nc2nc3ccc(C(F)(F)F)cc3s2)C1. The molecule has 9 heteroatoms. The fourth-order valence-electron chi connectivity index (χ4n) is 4.02. The van der Waals surface area contributed by atoms with Crippen molar-refractivity contribution in [3.05, 3.63) is 53.1 Å². The van der Waals surface area contributed by atoms with Gasteiger partial charge in [0.25, 0.3) is 0 Å². The summed E-state index contributed by atoms with van der Waals surface area (Å²) in [5, 5.41) is 3.89. The number of carbonyl (C=O) groups is 1. The average Bonchev–Trinajstić information content (AvgIpc) is 3.32. The molecule has 1 N–H and O–H groups in total. The van der Waals surface area contributed by atoms with Gasteiger partial charge in [0.15, 0.2) is 5.13 Å². The largest absolute Gasteiger partial charge is 0.496 e. The van der Waals surface area contributed by atoms with E-state index >= 15 is 0 Å². The van der Waals surface area contributed by atoms with E-state index < -0.39 is 11.7 Å². The number of aromatic nitrogens is 1. The maximum absolute atomic E-state index is 13.1. The smallest absolute Gasteiger partial charge is 0.416 e. The summed E-state index contributed by atoms with van der Waals surface area (Å²) in [4.78, 5) is 17.5. The minimum absolute atomic E-state index is 0.0524. The number of benzene rings is 2. The number of aryl methyl sites for hydroxylation is 1. The van der Waals surface area contributed by atoms with Crippen LogP contribution in [0, 0.1) is 6.92 Å². The van der Waals surface area contributed by atoms with Crippen molar-refractivity contribution in [2.24, 2.45) is 0 Å². The number of ether oxygens (including phenoxy) is 1. The Hall–Kier alpha value is -2.55. The van der Waals surface area contributed by atoms with Crippen molar-refractivity contribution in [1.29, 1.82) is 0 Å². The number of fused-ring (bicyclic) bond motifs is 1. The molecule has 2 aromatic carbocycles. The van der Waals surface area contributed by atoms with Crippen molar-refractivity contribution >= 4 is 39.1 Å². The number of alkyl halides is 3. The van der Waals surface area contributed by atoms with Gasteiger partial charge in [0, 0.05) is 6.04 Å². The molecule has 1 saturated heterocycles. The molecule has 1 aromatic heterocycles. The van der Waals surface area contributed by atoms with Crippen LogP contribution in [0.1, 0.15) is 27.9 Å². The summed E-state index contributed by atoms with van der Waals surface area (Å²) in [6, 6.07) is 9.18. The number of thiazole rings is 1. The Morgan fingerprint density at radius 2 is 2.10 bits per heavy atom. The maximum atomic E-state index is 13.1. The van der Waals surface area contributed by atoms with E-state index in [0.29, 0.717) is 33.0 Å². The number of nitrogens with zero attached hydrogens (tertiary/aromatic N) is 1. The van der Waals surface area contributed by atoms with Crippen LogP contribution >= 0.6 is 11.3 Å². The van der Waals surface area contributed by atoms with Crippen LogP contribution in [0.5, 0.6) is 5.75 Å².